The van der Waals surface area contributed by atoms with Crippen LogP contribution in [0.2, 0.25) is 5.02 Å². The summed E-state index contributed by atoms with van der Waals surface area (Å²) in [7, 11) is 0. The van der Waals surface area contributed by atoms with Gasteiger partial charge < -0.3 is 24.7 Å². The summed E-state index contributed by atoms with van der Waals surface area (Å²) in [5, 5.41) is 16.2. The number of carbonyl (C=O) groups is 2. The molecule has 1 aliphatic heterocycles. The molecule has 3 atom stereocenters. The molecule has 0 radical (unpaired) electrons. The lowest BCUT2D eigenvalue weighted by Gasteiger charge is -2.39. The molecule has 2 unspecified atom stereocenters. The van der Waals surface area contributed by atoms with Crippen molar-refractivity contribution < 1.29 is 18.7 Å². The Kier molecular flexibility index (Phi) is 10.4. The largest absolute Gasteiger partial charge is 0.460 e. The van der Waals surface area contributed by atoms with Gasteiger partial charge in [-0.3, -0.25) is 4.79 Å². The topological polar surface area (TPSA) is 108 Å². The molecule has 1 aliphatic rings. The minimum atomic E-state index is -0.644. The van der Waals surface area contributed by atoms with Gasteiger partial charge >= 0.3 is 6.09 Å². The van der Waals surface area contributed by atoms with Crippen LogP contribution in [0.25, 0.3) is 11.3 Å². The first-order chi connectivity index (χ1) is 22.4. The lowest BCUT2D eigenvalue weighted by molar-refractivity contribution is 0.0169. The monoisotopic (exact) mass is 652 g/mol. The standard InChI is InChI=1S/C38H41ClN4O4/c1-24-6-10-27(11-7-24)25(2)41-22-30-15-17-35(46-30)29-14-16-33(39)32(20-29)36(44)42-34-23-43(37(45)47-38(3,4)5)19-18-31(34)28-12-8-26(21-40)9-13-28/h6-17,20,25,31,34,41H,18-19,22-23H2,1-5H3,(H,42,44)/t25-,31?,34?/m1/s1. The molecule has 0 spiro atoms. The first-order valence-electron chi connectivity index (χ1n) is 15.9. The van der Waals surface area contributed by atoms with Crippen molar-refractivity contribution in [2.75, 3.05) is 13.1 Å². The number of carbonyl (C=O) groups excluding carboxylic acids is 2. The van der Waals surface area contributed by atoms with Crippen molar-refractivity contribution in [1.29, 1.82) is 5.26 Å². The van der Waals surface area contributed by atoms with E-state index >= 15 is 0 Å². The second kappa shape index (κ2) is 14.5. The number of rotatable bonds is 8. The minimum Gasteiger partial charge on any atom is -0.460 e. The minimum absolute atomic E-state index is 0.0882. The van der Waals surface area contributed by atoms with E-state index in [4.69, 9.17) is 20.8 Å². The van der Waals surface area contributed by atoms with Gasteiger partial charge in [0.15, 0.2) is 0 Å². The van der Waals surface area contributed by atoms with Gasteiger partial charge in [-0.05, 0) is 94.6 Å². The number of halogens is 1. The molecule has 4 aromatic rings. The van der Waals surface area contributed by atoms with Crippen molar-refractivity contribution in [3.05, 3.63) is 117 Å². The number of benzene rings is 3. The lowest BCUT2D eigenvalue weighted by Crippen LogP contribution is -2.54. The first-order valence-corrected chi connectivity index (χ1v) is 16.3. The highest BCUT2D eigenvalue weighted by Gasteiger charge is 2.35. The molecular weight excluding hydrogens is 612 g/mol. The average Bonchev–Trinajstić information content (AvgIpc) is 3.52. The zero-order chi connectivity index (χ0) is 33.7. The van der Waals surface area contributed by atoms with Crippen LogP contribution < -0.4 is 10.6 Å². The molecule has 0 bridgehead atoms. The van der Waals surface area contributed by atoms with E-state index in [1.165, 1.54) is 11.1 Å². The van der Waals surface area contributed by atoms with Crippen molar-refractivity contribution in [1.82, 2.24) is 15.5 Å². The van der Waals surface area contributed by atoms with Crippen LogP contribution in [0.4, 0.5) is 4.79 Å². The average molecular weight is 653 g/mol. The SMILES string of the molecule is Cc1ccc([C@@H](C)NCc2ccc(-c3ccc(Cl)c(C(=O)NC4CN(C(=O)OC(C)(C)C)CCC4c4ccc(C#N)cc4)c3)o2)cc1. The summed E-state index contributed by atoms with van der Waals surface area (Å²) in [6.45, 7) is 10.9. The number of hydrogen-bond acceptors (Lipinski definition) is 6. The molecule has 5 rings (SSSR count). The Morgan fingerprint density at radius 3 is 2.47 bits per heavy atom. The van der Waals surface area contributed by atoms with Crippen molar-refractivity contribution in [2.24, 2.45) is 0 Å². The Morgan fingerprint density at radius 1 is 1.06 bits per heavy atom. The molecule has 47 heavy (non-hydrogen) atoms. The van der Waals surface area contributed by atoms with Crippen LogP contribution in [0.1, 0.15) is 84.4 Å². The van der Waals surface area contributed by atoms with Gasteiger partial charge in [-0.15, -0.1) is 0 Å². The number of amides is 2. The normalized spacial score (nSPS) is 17.1. The molecule has 0 aliphatic carbocycles. The Hall–Kier alpha value is -4.58. The Morgan fingerprint density at radius 2 is 1.79 bits per heavy atom. The Labute approximate surface area is 281 Å². The maximum atomic E-state index is 13.8. The highest BCUT2D eigenvalue weighted by Crippen LogP contribution is 2.32. The van der Waals surface area contributed by atoms with Crippen LogP contribution in [0.3, 0.4) is 0 Å². The smallest absolute Gasteiger partial charge is 0.410 e. The number of ether oxygens (including phenoxy) is 1. The van der Waals surface area contributed by atoms with E-state index in [-0.39, 0.29) is 24.4 Å². The van der Waals surface area contributed by atoms with Crippen LogP contribution >= 0.6 is 11.6 Å². The van der Waals surface area contributed by atoms with E-state index in [0.29, 0.717) is 41.4 Å². The summed E-state index contributed by atoms with van der Waals surface area (Å²) >= 11 is 6.58. The molecule has 244 valence electrons. The van der Waals surface area contributed by atoms with E-state index in [0.717, 1.165) is 16.9 Å². The fourth-order valence-electron chi connectivity index (χ4n) is 5.75. The van der Waals surface area contributed by atoms with E-state index < -0.39 is 17.7 Å². The predicted octanol–water partition coefficient (Wildman–Crippen LogP) is 8.15. The molecule has 2 heterocycles. The second-order valence-corrected chi connectivity index (χ2v) is 13.5. The third kappa shape index (κ3) is 8.62. The van der Waals surface area contributed by atoms with Crippen molar-refractivity contribution in [3.63, 3.8) is 0 Å². The number of nitrogens with one attached hydrogen (secondary N) is 2. The van der Waals surface area contributed by atoms with Gasteiger partial charge in [0.25, 0.3) is 5.91 Å². The highest BCUT2D eigenvalue weighted by atomic mass is 35.5. The maximum Gasteiger partial charge on any atom is 0.410 e. The van der Waals surface area contributed by atoms with Crippen molar-refractivity contribution in [2.45, 2.75) is 71.2 Å². The fourth-order valence-corrected chi connectivity index (χ4v) is 5.95. The third-order valence-electron chi connectivity index (χ3n) is 8.37. The van der Waals surface area contributed by atoms with E-state index in [1.807, 2.05) is 51.1 Å². The summed E-state index contributed by atoms with van der Waals surface area (Å²) in [4.78, 5) is 28.4. The van der Waals surface area contributed by atoms with Crippen LogP contribution in [0.15, 0.2) is 83.3 Å². The van der Waals surface area contributed by atoms with E-state index in [9.17, 15) is 14.9 Å². The third-order valence-corrected chi connectivity index (χ3v) is 8.70. The number of likely N-dealkylation sites (tertiary alicyclic amines) is 1. The number of aryl methyl sites for hydroxylation is 1. The number of piperidine rings is 1. The van der Waals surface area contributed by atoms with Gasteiger partial charge in [-0.25, -0.2) is 4.79 Å². The molecule has 0 saturated carbocycles. The molecule has 3 aromatic carbocycles. The molecule has 2 N–H and O–H groups in total. The van der Waals surface area contributed by atoms with Gasteiger partial charge in [0.05, 0.1) is 34.8 Å². The summed E-state index contributed by atoms with van der Waals surface area (Å²) in [6.07, 6.45) is 0.182. The fraction of sp³-hybridized carbons (Fsp3) is 0.342. The van der Waals surface area contributed by atoms with Gasteiger partial charge in [0.1, 0.15) is 17.1 Å². The number of nitrogens with zero attached hydrogens (tertiary/aromatic N) is 2. The number of hydrogen-bond donors (Lipinski definition) is 2. The molecule has 2 amide bonds. The summed E-state index contributed by atoms with van der Waals surface area (Å²) in [6, 6.07) is 26.7. The molecule has 1 aromatic heterocycles. The zero-order valence-electron chi connectivity index (χ0n) is 27.5. The van der Waals surface area contributed by atoms with Gasteiger partial charge in [0, 0.05) is 30.6 Å². The zero-order valence-corrected chi connectivity index (χ0v) is 28.2. The Bertz CT molecular complexity index is 1750. The van der Waals surface area contributed by atoms with Gasteiger partial charge in [-0.2, -0.15) is 5.26 Å². The van der Waals surface area contributed by atoms with Crippen molar-refractivity contribution in [3.8, 4) is 17.4 Å². The number of nitriles is 1. The molecule has 8 nitrogen and oxygen atoms in total. The molecule has 1 fully saturated rings. The molecular formula is C38H41ClN4O4. The molecule has 1 saturated heterocycles. The quantitative estimate of drug-likeness (QED) is 0.199. The molecule has 9 heteroatoms. The van der Waals surface area contributed by atoms with E-state index in [2.05, 4.69) is 54.8 Å². The van der Waals surface area contributed by atoms with Crippen LogP contribution in [-0.4, -0.2) is 41.6 Å². The summed E-state index contributed by atoms with van der Waals surface area (Å²) < 4.78 is 11.8. The first kappa shape index (κ1) is 33.8. The number of furan rings is 1. The lowest BCUT2D eigenvalue weighted by atomic mass is 9.84. The van der Waals surface area contributed by atoms with Crippen LogP contribution in [-0.2, 0) is 11.3 Å². The second-order valence-electron chi connectivity index (χ2n) is 13.1. The predicted molar refractivity (Wildman–Crippen MR) is 183 cm³/mol. The van der Waals surface area contributed by atoms with Crippen molar-refractivity contribution >= 4 is 23.6 Å². The van der Waals surface area contributed by atoms with Gasteiger partial charge in [-0.1, -0.05) is 53.6 Å². The highest BCUT2D eigenvalue weighted by molar-refractivity contribution is 6.34. The maximum absolute atomic E-state index is 13.8. The van der Waals surface area contributed by atoms with Crippen LogP contribution in [0.5, 0.6) is 0 Å². The van der Waals surface area contributed by atoms with Gasteiger partial charge in [0.2, 0.25) is 0 Å². The summed E-state index contributed by atoms with van der Waals surface area (Å²) in [5.41, 5.74) is 4.34. The van der Waals surface area contributed by atoms with E-state index in [1.54, 1.807) is 29.2 Å². The van der Waals surface area contributed by atoms with Crippen LogP contribution in [0, 0.1) is 18.3 Å². The Balaban J connectivity index is 1.32. The summed E-state index contributed by atoms with van der Waals surface area (Å²) in [5.74, 6) is 0.955.